The molecule has 2 heteroatoms. The van der Waals surface area contributed by atoms with Crippen LogP contribution in [-0.4, -0.2) is 5.91 Å². The standard InChI is InChI=1S/C10H11NO/c1-2-8-11-10(12)9-6-4-3-5-7-9/h2-8H,1H3,(H,11,12). The van der Waals surface area contributed by atoms with E-state index in [2.05, 4.69) is 5.32 Å². The average Bonchev–Trinajstić information content (AvgIpc) is 2.15. The molecule has 0 aliphatic carbocycles. The molecule has 1 N–H and O–H groups in total. The van der Waals surface area contributed by atoms with Crippen molar-refractivity contribution in [1.29, 1.82) is 0 Å². The first-order valence-electron chi connectivity index (χ1n) is 3.81. The van der Waals surface area contributed by atoms with E-state index in [1.807, 2.05) is 25.1 Å². The molecular formula is C10H11NO. The van der Waals surface area contributed by atoms with Gasteiger partial charge in [0.25, 0.3) is 5.91 Å². The van der Waals surface area contributed by atoms with Gasteiger partial charge in [0.15, 0.2) is 0 Å². The Hall–Kier alpha value is -1.57. The molecule has 0 radical (unpaired) electrons. The van der Waals surface area contributed by atoms with Crippen LogP contribution in [0.2, 0.25) is 0 Å². The van der Waals surface area contributed by atoms with E-state index < -0.39 is 0 Å². The zero-order valence-electron chi connectivity index (χ0n) is 6.95. The van der Waals surface area contributed by atoms with Crippen molar-refractivity contribution in [3.63, 3.8) is 0 Å². The number of hydrogen-bond acceptors (Lipinski definition) is 1. The van der Waals surface area contributed by atoms with Crippen LogP contribution < -0.4 is 5.32 Å². The lowest BCUT2D eigenvalue weighted by atomic mass is 10.2. The molecular weight excluding hydrogens is 150 g/mol. The summed E-state index contributed by atoms with van der Waals surface area (Å²) >= 11 is 0. The van der Waals surface area contributed by atoms with Crippen molar-refractivity contribution in [2.45, 2.75) is 6.92 Å². The fourth-order valence-corrected chi connectivity index (χ4v) is 0.832. The predicted octanol–water partition coefficient (Wildman–Crippen LogP) is 1.95. The Balaban J connectivity index is 2.66. The molecule has 0 aliphatic heterocycles. The Bertz CT molecular complexity index is 277. The molecule has 62 valence electrons. The van der Waals surface area contributed by atoms with Crippen LogP contribution in [0.15, 0.2) is 42.6 Å². The van der Waals surface area contributed by atoms with Crippen molar-refractivity contribution >= 4 is 5.91 Å². The molecule has 0 saturated heterocycles. The summed E-state index contributed by atoms with van der Waals surface area (Å²) in [5, 5.41) is 2.63. The molecule has 0 unspecified atom stereocenters. The highest BCUT2D eigenvalue weighted by molar-refractivity contribution is 5.94. The van der Waals surface area contributed by atoms with Gasteiger partial charge in [0.2, 0.25) is 0 Å². The van der Waals surface area contributed by atoms with Gasteiger partial charge in [-0.05, 0) is 25.3 Å². The third-order valence-electron chi connectivity index (χ3n) is 1.42. The first-order valence-corrected chi connectivity index (χ1v) is 3.81. The molecule has 1 amide bonds. The quantitative estimate of drug-likeness (QED) is 0.705. The van der Waals surface area contributed by atoms with Gasteiger partial charge in [0.1, 0.15) is 0 Å². The number of carbonyl (C=O) groups is 1. The van der Waals surface area contributed by atoms with Gasteiger partial charge in [-0.3, -0.25) is 4.79 Å². The van der Waals surface area contributed by atoms with E-state index in [0.717, 1.165) is 0 Å². The SMILES string of the molecule is CC=CNC(=O)c1ccccc1. The van der Waals surface area contributed by atoms with Crippen molar-refractivity contribution in [3.05, 3.63) is 48.2 Å². The number of amides is 1. The van der Waals surface area contributed by atoms with Gasteiger partial charge in [0, 0.05) is 5.56 Å². The Morgan fingerprint density at radius 1 is 1.33 bits per heavy atom. The maximum Gasteiger partial charge on any atom is 0.255 e. The molecule has 0 heterocycles. The first-order chi connectivity index (χ1) is 5.84. The van der Waals surface area contributed by atoms with Crippen molar-refractivity contribution in [1.82, 2.24) is 5.32 Å². The molecule has 0 spiro atoms. The van der Waals surface area contributed by atoms with Gasteiger partial charge in [-0.15, -0.1) is 0 Å². The van der Waals surface area contributed by atoms with Crippen LogP contribution in [0, 0.1) is 0 Å². The van der Waals surface area contributed by atoms with Crippen LogP contribution in [0.5, 0.6) is 0 Å². The summed E-state index contributed by atoms with van der Waals surface area (Å²) in [4.78, 5) is 11.2. The second-order valence-corrected chi connectivity index (χ2v) is 2.34. The minimum absolute atomic E-state index is 0.0753. The Labute approximate surface area is 71.9 Å². The summed E-state index contributed by atoms with van der Waals surface area (Å²) in [5.74, 6) is -0.0753. The Morgan fingerprint density at radius 3 is 2.58 bits per heavy atom. The van der Waals surface area contributed by atoms with E-state index in [9.17, 15) is 4.79 Å². The molecule has 0 bridgehead atoms. The van der Waals surface area contributed by atoms with Crippen molar-refractivity contribution in [2.75, 3.05) is 0 Å². The van der Waals surface area contributed by atoms with Crippen molar-refractivity contribution in [2.24, 2.45) is 0 Å². The van der Waals surface area contributed by atoms with E-state index in [1.54, 1.807) is 24.4 Å². The summed E-state index contributed by atoms with van der Waals surface area (Å²) in [5.41, 5.74) is 0.676. The minimum atomic E-state index is -0.0753. The molecule has 12 heavy (non-hydrogen) atoms. The summed E-state index contributed by atoms with van der Waals surface area (Å²) in [7, 11) is 0. The summed E-state index contributed by atoms with van der Waals surface area (Å²) < 4.78 is 0. The summed E-state index contributed by atoms with van der Waals surface area (Å²) in [6.07, 6.45) is 3.40. The van der Waals surface area contributed by atoms with Crippen LogP contribution in [-0.2, 0) is 0 Å². The van der Waals surface area contributed by atoms with Crippen molar-refractivity contribution < 1.29 is 4.79 Å². The highest BCUT2D eigenvalue weighted by atomic mass is 16.1. The number of allylic oxidation sites excluding steroid dienone is 1. The van der Waals surface area contributed by atoms with Gasteiger partial charge >= 0.3 is 0 Å². The maximum absolute atomic E-state index is 11.2. The van der Waals surface area contributed by atoms with Gasteiger partial charge in [-0.2, -0.15) is 0 Å². The first kappa shape index (κ1) is 8.53. The summed E-state index contributed by atoms with van der Waals surface area (Å²) in [6.45, 7) is 1.85. The van der Waals surface area contributed by atoms with Gasteiger partial charge < -0.3 is 5.32 Å². The van der Waals surface area contributed by atoms with Crippen LogP contribution in [0.4, 0.5) is 0 Å². The normalized spacial score (nSPS) is 10.1. The number of carbonyl (C=O) groups excluding carboxylic acids is 1. The summed E-state index contributed by atoms with van der Waals surface area (Å²) in [6, 6.07) is 9.11. The molecule has 1 rings (SSSR count). The van der Waals surface area contributed by atoms with E-state index in [1.165, 1.54) is 0 Å². The topological polar surface area (TPSA) is 29.1 Å². The lowest BCUT2D eigenvalue weighted by Gasteiger charge is -1.97. The van der Waals surface area contributed by atoms with Crippen LogP contribution in [0.3, 0.4) is 0 Å². The van der Waals surface area contributed by atoms with Crippen molar-refractivity contribution in [3.8, 4) is 0 Å². The van der Waals surface area contributed by atoms with Gasteiger partial charge in [-0.1, -0.05) is 24.3 Å². The lowest BCUT2D eigenvalue weighted by Crippen LogP contribution is -2.16. The second-order valence-electron chi connectivity index (χ2n) is 2.34. The average molecular weight is 161 g/mol. The lowest BCUT2D eigenvalue weighted by molar-refractivity contribution is 0.0970. The van der Waals surface area contributed by atoms with Gasteiger partial charge in [0.05, 0.1) is 0 Å². The molecule has 0 aromatic heterocycles. The Kier molecular flexibility index (Phi) is 3.08. The molecule has 1 aromatic carbocycles. The number of nitrogens with one attached hydrogen (secondary N) is 1. The van der Waals surface area contributed by atoms with Crippen LogP contribution in [0.1, 0.15) is 17.3 Å². The molecule has 0 aliphatic rings. The van der Waals surface area contributed by atoms with E-state index >= 15 is 0 Å². The van der Waals surface area contributed by atoms with Gasteiger partial charge in [-0.25, -0.2) is 0 Å². The second kappa shape index (κ2) is 4.34. The highest BCUT2D eigenvalue weighted by Crippen LogP contribution is 1.97. The van der Waals surface area contributed by atoms with E-state index in [4.69, 9.17) is 0 Å². The van der Waals surface area contributed by atoms with E-state index in [-0.39, 0.29) is 5.91 Å². The smallest absolute Gasteiger partial charge is 0.255 e. The monoisotopic (exact) mass is 161 g/mol. The Morgan fingerprint density at radius 2 is 2.00 bits per heavy atom. The molecule has 2 nitrogen and oxygen atoms in total. The fourth-order valence-electron chi connectivity index (χ4n) is 0.832. The fraction of sp³-hybridized carbons (Fsp3) is 0.100. The molecule has 1 aromatic rings. The zero-order valence-corrected chi connectivity index (χ0v) is 6.95. The molecule has 0 atom stereocenters. The third-order valence-corrected chi connectivity index (χ3v) is 1.42. The number of hydrogen-bond donors (Lipinski definition) is 1. The maximum atomic E-state index is 11.2. The number of benzene rings is 1. The largest absolute Gasteiger partial charge is 0.329 e. The third kappa shape index (κ3) is 2.23. The minimum Gasteiger partial charge on any atom is -0.329 e. The van der Waals surface area contributed by atoms with Crippen LogP contribution in [0.25, 0.3) is 0 Å². The number of rotatable bonds is 2. The van der Waals surface area contributed by atoms with E-state index in [0.29, 0.717) is 5.56 Å². The highest BCUT2D eigenvalue weighted by Gasteiger charge is 1.99. The molecule has 0 fully saturated rings. The van der Waals surface area contributed by atoms with Crippen LogP contribution >= 0.6 is 0 Å². The predicted molar refractivity (Wildman–Crippen MR) is 48.7 cm³/mol. The zero-order chi connectivity index (χ0) is 8.81. The molecule has 0 saturated carbocycles.